The van der Waals surface area contributed by atoms with Crippen LogP contribution in [0.15, 0.2) is 30.3 Å². The Hall–Kier alpha value is -1.68. The van der Waals surface area contributed by atoms with E-state index in [1.54, 1.807) is 6.92 Å². The Morgan fingerprint density at radius 3 is 2.26 bits per heavy atom. The lowest BCUT2D eigenvalue weighted by Crippen LogP contribution is -2.49. The van der Waals surface area contributed by atoms with Crippen molar-refractivity contribution in [1.82, 2.24) is 10.2 Å². The molecular weight excluding hydrogens is 288 g/mol. The smallest absolute Gasteiger partial charge is 0.231 e. The molecule has 1 heterocycles. The minimum absolute atomic E-state index is 0.000509. The van der Waals surface area contributed by atoms with E-state index < -0.39 is 5.92 Å². The summed E-state index contributed by atoms with van der Waals surface area (Å²) in [6, 6.07) is 10.6. The van der Waals surface area contributed by atoms with Crippen LogP contribution < -0.4 is 5.32 Å². The minimum Gasteiger partial charge on any atom is -0.355 e. The number of benzene rings is 1. The fourth-order valence-electron chi connectivity index (χ4n) is 4.73. The van der Waals surface area contributed by atoms with Crippen molar-refractivity contribution in [2.45, 2.75) is 38.1 Å². The van der Waals surface area contributed by atoms with Crippen LogP contribution in [-0.2, 0) is 15.1 Å². The Bertz CT molecular complexity index is 601. The number of rotatable bonds is 3. The van der Waals surface area contributed by atoms with Crippen LogP contribution in [0.5, 0.6) is 0 Å². The van der Waals surface area contributed by atoms with Crippen LogP contribution >= 0.6 is 0 Å². The molecule has 124 valence electrons. The summed E-state index contributed by atoms with van der Waals surface area (Å²) in [7, 11) is 4.26. The SMILES string of the molecule is CC(=O)C1C(=O)NCC12CCC(c1ccccc1)(N(C)C)CC2. The van der Waals surface area contributed by atoms with Gasteiger partial charge in [-0.15, -0.1) is 0 Å². The minimum atomic E-state index is -0.460. The van der Waals surface area contributed by atoms with Gasteiger partial charge in [0.2, 0.25) is 5.91 Å². The molecule has 2 aliphatic rings. The van der Waals surface area contributed by atoms with E-state index in [4.69, 9.17) is 0 Å². The molecule has 0 aromatic heterocycles. The summed E-state index contributed by atoms with van der Waals surface area (Å²) >= 11 is 0. The zero-order valence-corrected chi connectivity index (χ0v) is 14.3. The van der Waals surface area contributed by atoms with Gasteiger partial charge in [-0.25, -0.2) is 0 Å². The molecule has 23 heavy (non-hydrogen) atoms. The molecule has 1 saturated carbocycles. The second-order valence-electron chi connectivity index (χ2n) is 7.42. The van der Waals surface area contributed by atoms with E-state index in [1.165, 1.54) is 5.56 Å². The summed E-state index contributed by atoms with van der Waals surface area (Å²) < 4.78 is 0. The molecule has 1 amide bonds. The molecule has 0 bridgehead atoms. The average molecular weight is 314 g/mol. The molecule has 3 rings (SSSR count). The molecule has 4 nitrogen and oxygen atoms in total. The van der Waals surface area contributed by atoms with Gasteiger partial charge in [-0.1, -0.05) is 30.3 Å². The van der Waals surface area contributed by atoms with Gasteiger partial charge in [-0.05, 0) is 52.3 Å². The summed E-state index contributed by atoms with van der Waals surface area (Å²) in [5.41, 5.74) is 1.15. The van der Waals surface area contributed by atoms with E-state index in [2.05, 4.69) is 48.6 Å². The lowest BCUT2D eigenvalue weighted by molar-refractivity contribution is -0.135. The molecule has 1 N–H and O–H groups in total. The van der Waals surface area contributed by atoms with E-state index in [1.807, 2.05) is 6.07 Å². The predicted molar refractivity (Wildman–Crippen MR) is 89.9 cm³/mol. The summed E-state index contributed by atoms with van der Waals surface area (Å²) in [5.74, 6) is -0.523. The Kier molecular flexibility index (Phi) is 4.05. The molecule has 1 saturated heterocycles. The van der Waals surface area contributed by atoms with Crippen LogP contribution in [0.4, 0.5) is 0 Å². The fraction of sp³-hybridized carbons (Fsp3) is 0.579. The summed E-state index contributed by atoms with van der Waals surface area (Å²) in [6.45, 7) is 2.21. The summed E-state index contributed by atoms with van der Waals surface area (Å²) in [6.07, 6.45) is 3.76. The highest BCUT2D eigenvalue weighted by Gasteiger charge is 2.55. The van der Waals surface area contributed by atoms with Gasteiger partial charge in [0.1, 0.15) is 11.7 Å². The van der Waals surface area contributed by atoms with Crippen LogP contribution in [0.2, 0.25) is 0 Å². The second-order valence-corrected chi connectivity index (χ2v) is 7.42. The number of carbonyl (C=O) groups is 2. The van der Waals surface area contributed by atoms with Gasteiger partial charge >= 0.3 is 0 Å². The van der Waals surface area contributed by atoms with Crippen molar-refractivity contribution in [2.24, 2.45) is 11.3 Å². The fourth-order valence-corrected chi connectivity index (χ4v) is 4.73. The van der Waals surface area contributed by atoms with Crippen molar-refractivity contribution in [2.75, 3.05) is 20.6 Å². The number of hydrogen-bond acceptors (Lipinski definition) is 3. The molecule has 1 aliphatic heterocycles. The molecule has 1 atom stereocenters. The molecule has 1 unspecified atom stereocenters. The lowest BCUT2D eigenvalue weighted by Gasteiger charge is -2.49. The molecule has 1 aromatic carbocycles. The van der Waals surface area contributed by atoms with Crippen molar-refractivity contribution in [3.8, 4) is 0 Å². The second kappa shape index (κ2) is 5.75. The number of Topliss-reactive ketones (excluding diaryl/α,β-unsaturated/α-hetero) is 1. The number of hydrogen-bond donors (Lipinski definition) is 1. The number of carbonyl (C=O) groups excluding carboxylic acids is 2. The van der Waals surface area contributed by atoms with Gasteiger partial charge in [0.25, 0.3) is 0 Å². The third-order valence-corrected chi connectivity index (χ3v) is 6.14. The largest absolute Gasteiger partial charge is 0.355 e. The highest BCUT2D eigenvalue weighted by atomic mass is 16.2. The molecular formula is C19H26N2O2. The summed E-state index contributed by atoms with van der Waals surface area (Å²) in [5, 5.41) is 2.93. The first kappa shape index (κ1) is 16.2. The maximum absolute atomic E-state index is 12.1. The predicted octanol–water partition coefficient (Wildman–Crippen LogP) is 2.34. The first-order valence-electron chi connectivity index (χ1n) is 8.42. The van der Waals surface area contributed by atoms with Crippen molar-refractivity contribution in [3.63, 3.8) is 0 Å². The van der Waals surface area contributed by atoms with Crippen molar-refractivity contribution < 1.29 is 9.59 Å². The normalized spacial score (nSPS) is 33.9. The molecule has 2 fully saturated rings. The third-order valence-electron chi connectivity index (χ3n) is 6.14. The number of amides is 1. The average Bonchev–Trinajstić information content (AvgIpc) is 2.85. The maximum atomic E-state index is 12.1. The van der Waals surface area contributed by atoms with E-state index >= 15 is 0 Å². The Morgan fingerprint density at radius 1 is 1.13 bits per heavy atom. The highest BCUT2D eigenvalue weighted by molar-refractivity contribution is 6.02. The Balaban J connectivity index is 1.89. The molecule has 1 spiro atoms. The first-order chi connectivity index (χ1) is 10.9. The number of ketones is 1. The topological polar surface area (TPSA) is 49.4 Å². The zero-order chi connectivity index (χ0) is 16.7. The van der Waals surface area contributed by atoms with Crippen LogP contribution in [0.3, 0.4) is 0 Å². The maximum Gasteiger partial charge on any atom is 0.231 e. The van der Waals surface area contributed by atoms with Crippen LogP contribution in [-0.4, -0.2) is 37.2 Å². The van der Waals surface area contributed by atoms with Gasteiger partial charge in [0, 0.05) is 17.5 Å². The van der Waals surface area contributed by atoms with E-state index in [0.29, 0.717) is 6.54 Å². The highest BCUT2D eigenvalue weighted by Crippen LogP contribution is 2.52. The van der Waals surface area contributed by atoms with Crippen LogP contribution in [0, 0.1) is 11.3 Å². The standard InChI is InChI=1S/C19H26N2O2/c1-14(22)16-17(23)20-13-18(16)9-11-19(12-10-18,21(2)3)15-7-5-4-6-8-15/h4-8,16H,9-13H2,1-3H3,(H,20,23). The third kappa shape index (κ3) is 2.49. The van der Waals surface area contributed by atoms with Crippen LogP contribution in [0.1, 0.15) is 38.2 Å². The Morgan fingerprint density at radius 2 is 1.74 bits per heavy atom. The van der Waals surface area contributed by atoms with Gasteiger partial charge in [0.05, 0.1) is 0 Å². The van der Waals surface area contributed by atoms with Gasteiger partial charge in [0.15, 0.2) is 0 Å². The summed E-state index contributed by atoms with van der Waals surface area (Å²) in [4.78, 5) is 26.4. The number of nitrogens with zero attached hydrogens (tertiary/aromatic N) is 1. The molecule has 4 heteroatoms. The van der Waals surface area contributed by atoms with Crippen molar-refractivity contribution >= 4 is 11.7 Å². The van der Waals surface area contributed by atoms with E-state index in [0.717, 1.165) is 25.7 Å². The number of nitrogens with one attached hydrogen (secondary N) is 1. The van der Waals surface area contributed by atoms with Gasteiger partial charge < -0.3 is 5.32 Å². The zero-order valence-electron chi connectivity index (χ0n) is 14.3. The van der Waals surface area contributed by atoms with Gasteiger partial charge in [-0.3, -0.25) is 14.5 Å². The van der Waals surface area contributed by atoms with Crippen molar-refractivity contribution in [1.29, 1.82) is 0 Å². The van der Waals surface area contributed by atoms with E-state index in [-0.39, 0.29) is 22.6 Å². The first-order valence-corrected chi connectivity index (χ1v) is 8.42. The quantitative estimate of drug-likeness (QED) is 0.871. The monoisotopic (exact) mass is 314 g/mol. The molecule has 0 radical (unpaired) electrons. The lowest BCUT2D eigenvalue weighted by atomic mass is 9.60. The van der Waals surface area contributed by atoms with Crippen molar-refractivity contribution in [3.05, 3.63) is 35.9 Å². The molecule has 1 aliphatic carbocycles. The van der Waals surface area contributed by atoms with Crippen LogP contribution in [0.25, 0.3) is 0 Å². The molecule has 1 aromatic rings. The van der Waals surface area contributed by atoms with E-state index in [9.17, 15) is 9.59 Å². The van der Waals surface area contributed by atoms with Gasteiger partial charge in [-0.2, -0.15) is 0 Å². The Labute approximate surface area is 138 Å².